The molecule has 1 fully saturated rings. The van der Waals surface area contributed by atoms with Crippen LogP contribution in [0.2, 0.25) is 0 Å². The number of hydrogen-bond donors (Lipinski definition) is 0. The molecule has 6 rings (SSSR count). The first-order valence-electron chi connectivity index (χ1n) is 18.0. The van der Waals surface area contributed by atoms with Gasteiger partial charge in [0.1, 0.15) is 5.75 Å². The number of methoxy groups -OCH3 is 7. The lowest BCUT2D eigenvalue weighted by Crippen LogP contribution is -2.38. The van der Waals surface area contributed by atoms with Crippen molar-refractivity contribution in [3.8, 4) is 62.6 Å². The van der Waals surface area contributed by atoms with E-state index >= 15 is 0 Å². The summed E-state index contributed by atoms with van der Waals surface area (Å²) in [7, 11) is 11.5. The molecule has 0 atom stereocenters. The molecule has 0 unspecified atom stereocenters. The summed E-state index contributed by atoms with van der Waals surface area (Å²) >= 11 is 0. The summed E-state index contributed by atoms with van der Waals surface area (Å²) in [5.74, 6) is 5.08. The van der Waals surface area contributed by atoms with E-state index in [1.54, 1.807) is 49.8 Å². The number of nitrogens with zero attached hydrogens (tertiary/aromatic N) is 2. The summed E-state index contributed by atoms with van der Waals surface area (Å²) in [6.07, 6.45) is 7.32. The van der Waals surface area contributed by atoms with E-state index in [0.717, 1.165) is 72.5 Å². The zero-order chi connectivity index (χ0) is 37.3. The maximum absolute atomic E-state index is 5.90. The minimum absolute atomic E-state index is 0. The number of rotatable bonds is 15. The largest absolute Gasteiger partial charge is 0.495 e. The van der Waals surface area contributed by atoms with E-state index in [-0.39, 0.29) is 24.8 Å². The van der Waals surface area contributed by atoms with E-state index in [2.05, 4.69) is 59.5 Å². The Balaban J connectivity index is 0.00000336. The average Bonchev–Trinajstić information content (AvgIpc) is 3.22. The van der Waals surface area contributed by atoms with Gasteiger partial charge in [0.05, 0.1) is 61.1 Å². The molecule has 5 aromatic rings. The molecule has 0 amide bonds. The maximum atomic E-state index is 5.90. The number of para-hydroxylation sites is 2. The number of pyridine rings is 1. The minimum Gasteiger partial charge on any atom is -0.495 e. The Morgan fingerprint density at radius 2 is 1.09 bits per heavy atom. The second kappa shape index (κ2) is 20.1. The van der Waals surface area contributed by atoms with E-state index in [1.807, 2.05) is 36.5 Å². The first-order valence-corrected chi connectivity index (χ1v) is 18.0. The molecule has 9 nitrogen and oxygen atoms in total. The number of hydrogen-bond acceptors (Lipinski definition) is 9. The van der Waals surface area contributed by atoms with Crippen molar-refractivity contribution in [3.05, 3.63) is 102 Å². The van der Waals surface area contributed by atoms with Gasteiger partial charge in [-0.25, -0.2) is 0 Å². The lowest BCUT2D eigenvalue weighted by Gasteiger charge is -2.39. The maximum Gasteiger partial charge on any atom is 0.203 e. The van der Waals surface area contributed by atoms with Gasteiger partial charge in [-0.15, -0.1) is 24.8 Å². The van der Waals surface area contributed by atoms with Crippen molar-refractivity contribution in [1.29, 1.82) is 0 Å². The van der Waals surface area contributed by atoms with Crippen LogP contribution in [0.5, 0.6) is 40.2 Å². The molecule has 1 heterocycles. The summed E-state index contributed by atoms with van der Waals surface area (Å²) < 4.78 is 39.5. The van der Waals surface area contributed by atoms with Gasteiger partial charge in [0.25, 0.3) is 0 Å². The second-order valence-corrected chi connectivity index (χ2v) is 13.3. The molecule has 0 radical (unpaired) electrons. The van der Waals surface area contributed by atoms with Crippen LogP contribution in [0.3, 0.4) is 0 Å². The summed E-state index contributed by atoms with van der Waals surface area (Å²) in [6.45, 7) is 0.746. The molecular weight excluding hydrogens is 739 g/mol. The van der Waals surface area contributed by atoms with E-state index in [1.165, 1.54) is 11.1 Å². The monoisotopic (exact) mass is 790 g/mol. The number of benzene rings is 4. The van der Waals surface area contributed by atoms with Gasteiger partial charge in [-0.3, -0.25) is 4.98 Å². The van der Waals surface area contributed by atoms with Crippen molar-refractivity contribution < 1.29 is 33.2 Å². The molecule has 55 heavy (non-hydrogen) atoms. The van der Waals surface area contributed by atoms with Crippen LogP contribution in [0.15, 0.2) is 91.1 Å². The molecule has 0 spiro atoms. The van der Waals surface area contributed by atoms with Crippen molar-refractivity contribution in [2.24, 2.45) is 5.92 Å². The van der Waals surface area contributed by atoms with Crippen LogP contribution in [-0.2, 0) is 13.0 Å². The number of aromatic nitrogens is 1. The smallest absolute Gasteiger partial charge is 0.203 e. The molecule has 0 bridgehead atoms. The van der Waals surface area contributed by atoms with Crippen molar-refractivity contribution in [2.75, 3.05) is 54.7 Å². The number of anilines is 1. The molecule has 1 aliphatic rings. The van der Waals surface area contributed by atoms with Crippen molar-refractivity contribution >= 4 is 30.5 Å². The van der Waals surface area contributed by atoms with Gasteiger partial charge in [-0.2, -0.15) is 0 Å². The highest BCUT2D eigenvalue weighted by Crippen LogP contribution is 2.43. The van der Waals surface area contributed by atoms with Crippen LogP contribution in [-0.4, -0.2) is 60.8 Å². The fourth-order valence-corrected chi connectivity index (χ4v) is 7.55. The van der Waals surface area contributed by atoms with Crippen LogP contribution in [0.25, 0.3) is 22.4 Å². The zero-order valence-electron chi connectivity index (χ0n) is 32.6. The van der Waals surface area contributed by atoms with Gasteiger partial charge in [0.15, 0.2) is 23.0 Å². The SMILES string of the molecule is COc1ccccc1N(Cc1cccc(-c2cc(OC)c(OC)c(OC)c2)c1)C1CCC(Cc2ccnc(-c3cc(OC)c(OC)c(OC)c3)c2)CC1.Cl.Cl. The molecule has 0 aliphatic heterocycles. The quantitative estimate of drug-likeness (QED) is 0.103. The summed E-state index contributed by atoms with van der Waals surface area (Å²) in [5, 5.41) is 0. The fraction of sp³-hybridized carbons (Fsp3) is 0.341. The van der Waals surface area contributed by atoms with E-state index < -0.39 is 0 Å². The topological polar surface area (TPSA) is 80.7 Å². The molecule has 4 aromatic carbocycles. The molecule has 1 aliphatic carbocycles. The van der Waals surface area contributed by atoms with Gasteiger partial charge in [-0.05, 0) is 115 Å². The van der Waals surface area contributed by atoms with Gasteiger partial charge in [0, 0.05) is 24.3 Å². The van der Waals surface area contributed by atoms with E-state index in [9.17, 15) is 0 Å². The normalized spacial score (nSPS) is 14.7. The van der Waals surface area contributed by atoms with Crippen LogP contribution < -0.4 is 38.1 Å². The Morgan fingerprint density at radius 1 is 0.527 bits per heavy atom. The predicted molar refractivity (Wildman–Crippen MR) is 224 cm³/mol. The lowest BCUT2D eigenvalue weighted by atomic mass is 9.81. The molecule has 0 N–H and O–H groups in total. The standard InChI is InChI=1S/C44H50N2O7.2ClH/c1-47-38-14-9-8-13-37(38)46(28-31-11-10-12-32(22-31)33-24-39(48-2)43(52-6)40(25-33)49-3)35-17-15-29(16-18-35)21-30-19-20-45-36(23-30)34-26-41(50-4)44(53-7)42(27-34)51-5;;/h8-14,19-20,22-27,29,35H,15-18,21,28H2,1-7H3;2*1H. The van der Waals surface area contributed by atoms with E-state index in [4.69, 9.17) is 38.1 Å². The minimum atomic E-state index is 0. The van der Waals surface area contributed by atoms with Crippen molar-refractivity contribution in [3.63, 3.8) is 0 Å². The Bertz CT molecular complexity index is 1950. The van der Waals surface area contributed by atoms with Crippen LogP contribution >= 0.6 is 24.8 Å². The van der Waals surface area contributed by atoms with Crippen LogP contribution in [0.1, 0.15) is 36.8 Å². The van der Waals surface area contributed by atoms with Crippen LogP contribution in [0, 0.1) is 5.92 Å². The Hall–Kier alpha value is -4.99. The van der Waals surface area contributed by atoms with Gasteiger partial charge >= 0.3 is 0 Å². The first kappa shape index (κ1) is 42.7. The van der Waals surface area contributed by atoms with E-state index in [0.29, 0.717) is 46.5 Å². The molecular formula is C44H52Cl2N2O7. The lowest BCUT2D eigenvalue weighted by molar-refractivity contribution is 0.310. The highest BCUT2D eigenvalue weighted by molar-refractivity contribution is 5.85. The third kappa shape index (κ3) is 9.64. The number of halogens is 2. The highest BCUT2D eigenvalue weighted by Gasteiger charge is 2.28. The fourth-order valence-electron chi connectivity index (χ4n) is 7.55. The van der Waals surface area contributed by atoms with Crippen LogP contribution in [0.4, 0.5) is 5.69 Å². The summed E-state index contributed by atoms with van der Waals surface area (Å²) in [5.41, 5.74) is 7.47. The zero-order valence-corrected chi connectivity index (χ0v) is 34.3. The predicted octanol–water partition coefficient (Wildman–Crippen LogP) is 10.1. The molecule has 294 valence electrons. The van der Waals surface area contributed by atoms with Gasteiger partial charge in [0.2, 0.25) is 11.5 Å². The molecule has 11 heteroatoms. The highest BCUT2D eigenvalue weighted by atomic mass is 35.5. The Morgan fingerprint density at radius 3 is 1.65 bits per heavy atom. The summed E-state index contributed by atoms with van der Waals surface area (Å²) in [6, 6.07) is 29.6. The molecule has 1 saturated carbocycles. The third-order valence-electron chi connectivity index (χ3n) is 10.2. The number of ether oxygens (including phenoxy) is 7. The summed E-state index contributed by atoms with van der Waals surface area (Å²) in [4.78, 5) is 7.24. The van der Waals surface area contributed by atoms with Crippen molar-refractivity contribution in [2.45, 2.75) is 44.7 Å². The first-order chi connectivity index (χ1) is 25.9. The van der Waals surface area contributed by atoms with Gasteiger partial charge < -0.3 is 38.1 Å². The third-order valence-corrected chi connectivity index (χ3v) is 10.2. The van der Waals surface area contributed by atoms with Gasteiger partial charge in [-0.1, -0.05) is 30.3 Å². The Labute approximate surface area is 337 Å². The second-order valence-electron chi connectivity index (χ2n) is 13.3. The molecule has 1 aromatic heterocycles. The Kier molecular flexibility index (Phi) is 15.6. The average molecular weight is 792 g/mol. The van der Waals surface area contributed by atoms with Crippen molar-refractivity contribution in [1.82, 2.24) is 4.98 Å². The molecule has 0 saturated heterocycles.